The van der Waals surface area contributed by atoms with Crippen LogP contribution in [0.1, 0.15) is 51.9 Å². The summed E-state index contributed by atoms with van der Waals surface area (Å²) in [7, 11) is 1.65. The van der Waals surface area contributed by atoms with E-state index in [0.717, 1.165) is 29.5 Å². The molecule has 3 aromatic rings. The molecule has 0 heterocycles. The molecule has 0 fully saturated rings. The number of amides is 1. The third kappa shape index (κ3) is 6.02. The van der Waals surface area contributed by atoms with E-state index in [9.17, 15) is 9.18 Å². The number of hydrogen-bond donors (Lipinski definition) is 2. The lowest BCUT2D eigenvalue weighted by Crippen LogP contribution is -2.38. The molecule has 31 heavy (non-hydrogen) atoms. The fraction of sp³-hybridized carbons (Fsp3) is 0.296. The second-order valence-electron chi connectivity index (χ2n) is 8.21. The molecule has 0 spiro atoms. The van der Waals surface area contributed by atoms with Crippen LogP contribution in [0.4, 0.5) is 4.39 Å². The molecule has 0 unspecified atom stereocenters. The Bertz CT molecular complexity index is 1010. The van der Waals surface area contributed by atoms with Gasteiger partial charge in [0.25, 0.3) is 0 Å². The molecule has 0 aliphatic carbocycles. The maximum Gasteiger partial charge on any atom is 0.241 e. The number of halogens is 1. The standard InChI is InChI=1S/C27H31FN2O/c1-18-5-9-21(10-6-18)11-16-25(23-14-15-24(28)20(3)17-23)30-26(27(31)29-4)22-12-7-19(2)8-13-22/h5-10,12-15,17,25-26,30H,11,16H2,1-4H3,(H,29,31)/t25-,26+/m0/s1. The van der Waals surface area contributed by atoms with Gasteiger partial charge in [0, 0.05) is 13.1 Å². The molecule has 0 saturated carbocycles. The van der Waals surface area contributed by atoms with Gasteiger partial charge >= 0.3 is 0 Å². The molecule has 3 nitrogen and oxygen atoms in total. The van der Waals surface area contributed by atoms with Crippen molar-refractivity contribution >= 4 is 5.91 Å². The SMILES string of the molecule is CNC(=O)[C@H](N[C@@H](CCc1ccc(C)cc1)c1ccc(F)c(C)c1)c1ccc(C)cc1. The average Bonchev–Trinajstić information content (AvgIpc) is 2.77. The third-order valence-electron chi connectivity index (χ3n) is 5.71. The van der Waals surface area contributed by atoms with Crippen LogP contribution in [0.3, 0.4) is 0 Å². The zero-order valence-corrected chi connectivity index (χ0v) is 18.7. The van der Waals surface area contributed by atoms with Gasteiger partial charge < -0.3 is 5.32 Å². The van der Waals surface area contributed by atoms with Crippen molar-refractivity contribution in [2.45, 2.75) is 45.7 Å². The summed E-state index contributed by atoms with van der Waals surface area (Å²) in [5.74, 6) is -0.314. The quantitative estimate of drug-likeness (QED) is 0.507. The summed E-state index contributed by atoms with van der Waals surface area (Å²) >= 11 is 0. The van der Waals surface area contributed by atoms with Crippen LogP contribution in [0, 0.1) is 26.6 Å². The van der Waals surface area contributed by atoms with E-state index in [1.165, 1.54) is 17.2 Å². The Morgan fingerprint density at radius 1 is 0.871 bits per heavy atom. The first-order valence-corrected chi connectivity index (χ1v) is 10.7. The number of rotatable bonds is 8. The van der Waals surface area contributed by atoms with Crippen LogP contribution < -0.4 is 10.6 Å². The van der Waals surface area contributed by atoms with Crippen molar-refractivity contribution in [3.63, 3.8) is 0 Å². The Hall–Kier alpha value is -2.98. The second-order valence-corrected chi connectivity index (χ2v) is 8.21. The fourth-order valence-electron chi connectivity index (χ4n) is 3.72. The number of benzene rings is 3. The van der Waals surface area contributed by atoms with E-state index in [1.54, 1.807) is 14.0 Å². The molecule has 4 heteroatoms. The van der Waals surface area contributed by atoms with Gasteiger partial charge in [0.05, 0.1) is 0 Å². The highest BCUT2D eigenvalue weighted by atomic mass is 19.1. The molecule has 0 radical (unpaired) electrons. The maximum atomic E-state index is 13.9. The fourth-order valence-corrected chi connectivity index (χ4v) is 3.72. The van der Waals surface area contributed by atoms with E-state index < -0.39 is 6.04 Å². The summed E-state index contributed by atoms with van der Waals surface area (Å²) in [6.07, 6.45) is 1.64. The van der Waals surface area contributed by atoms with Crippen LogP contribution in [0.5, 0.6) is 0 Å². The minimum absolute atomic E-state index is 0.0944. The van der Waals surface area contributed by atoms with Crippen molar-refractivity contribution in [1.82, 2.24) is 10.6 Å². The summed E-state index contributed by atoms with van der Waals surface area (Å²) in [6, 6.07) is 21.1. The Morgan fingerprint density at radius 2 is 1.45 bits per heavy atom. The Kier molecular flexibility index (Phi) is 7.59. The summed E-state index contributed by atoms with van der Waals surface area (Å²) in [4.78, 5) is 12.8. The normalized spacial score (nSPS) is 12.9. The molecule has 2 N–H and O–H groups in total. The van der Waals surface area contributed by atoms with Gasteiger partial charge in [0.1, 0.15) is 11.9 Å². The first-order valence-electron chi connectivity index (χ1n) is 10.7. The molecule has 3 aromatic carbocycles. The Balaban J connectivity index is 1.90. The molecule has 162 valence electrons. The average molecular weight is 419 g/mol. The van der Waals surface area contributed by atoms with E-state index in [0.29, 0.717) is 5.56 Å². The van der Waals surface area contributed by atoms with E-state index in [1.807, 2.05) is 43.3 Å². The van der Waals surface area contributed by atoms with Gasteiger partial charge in [-0.1, -0.05) is 71.8 Å². The smallest absolute Gasteiger partial charge is 0.241 e. The topological polar surface area (TPSA) is 41.1 Å². The van der Waals surface area contributed by atoms with Gasteiger partial charge in [-0.25, -0.2) is 4.39 Å². The molecule has 0 aromatic heterocycles. The third-order valence-corrected chi connectivity index (χ3v) is 5.71. The molecule has 0 aliphatic heterocycles. The molecule has 3 rings (SSSR count). The van der Waals surface area contributed by atoms with Crippen LogP contribution in [0.2, 0.25) is 0 Å². The largest absolute Gasteiger partial charge is 0.358 e. The van der Waals surface area contributed by atoms with Crippen LogP contribution in [-0.4, -0.2) is 13.0 Å². The molecule has 0 bridgehead atoms. The van der Waals surface area contributed by atoms with Crippen molar-refractivity contribution in [2.75, 3.05) is 7.05 Å². The first-order chi connectivity index (χ1) is 14.9. The highest BCUT2D eigenvalue weighted by Gasteiger charge is 2.24. The van der Waals surface area contributed by atoms with E-state index in [2.05, 4.69) is 41.8 Å². The van der Waals surface area contributed by atoms with Crippen LogP contribution in [-0.2, 0) is 11.2 Å². The maximum absolute atomic E-state index is 13.9. The van der Waals surface area contributed by atoms with Gasteiger partial charge in [-0.05, 0) is 61.9 Å². The predicted molar refractivity (Wildman–Crippen MR) is 125 cm³/mol. The lowest BCUT2D eigenvalue weighted by molar-refractivity contribution is -0.123. The lowest BCUT2D eigenvalue weighted by atomic mass is 9.95. The Labute approximate surface area is 184 Å². The molecular weight excluding hydrogens is 387 g/mol. The molecule has 2 atom stereocenters. The predicted octanol–water partition coefficient (Wildman–Crippen LogP) is 5.50. The van der Waals surface area contributed by atoms with E-state index in [-0.39, 0.29) is 17.8 Å². The van der Waals surface area contributed by atoms with E-state index >= 15 is 0 Å². The molecule has 0 aliphatic rings. The van der Waals surface area contributed by atoms with Crippen molar-refractivity contribution < 1.29 is 9.18 Å². The molecule has 1 amide bonds. The monoisotopic (exact) mass is 418 g/mol. The van der Waals surface area contributed by atoms with Gasteiger partial charge in [-0.15, -0.1) is 0 Å². The second kappa shape index (κ2) is 10.4. The number of carbonyl (C=O) groups excluding carboxylic acids is 1. The lowest BCUT2D eigenvalue weighted by Gasteiger charge is -2.26. The Morgan fingerprint density at radius 3 is 2.03 bits per heavy atom. The van der Waals surface area contributed by atoms with Gasteiger partial charge in [-0.3, -0.25) is 10.1 Å². The summed E-state index contributed by atoms with van der Waals surface area (Å²) in [5.41, 5.74) is 6.10. The van der Waals surface area contributed by atoms with Crippen LogP contribution in [0.25, 0.3) is 0 Å². The number of hydrogen-bond acceptors (Lipinski definition) is 2. The number of aryl methyl sites for hydroxylation is 4. The van der Waals surface area contributed by atoms with Crippen molar-refractivity contribution in [1.29, 1.82) is 0 Å². The van der Waals surface area contributed by atoms with Crippen molar-refractivity contribution in [3.8, 4) is 0 Å². The summed E-state index contributed by atoms with van der Waals surface area (Å²) < 4.78 is 13.9. The van der Waals surface area contributed by atoms with Crippen LogP contribution in [0.15, 0.2) is 66.7 Å². The van der Waals surface area contributed by atoms with Crippen molar-refractivity contribution in [3.05, 3.63) is 106 Å². The zero-order valence-electron chi connectivity index (χ0n) is 18.7. The summed E-state index contributed by atoms with van der Waals surface area (Å²) in [5, 5.41) is 6.32. The van der Waals surface area contributed by atoms with Gasteiger partial charge in [0.2, 0.25) is 5.91 Å². The first kappa shape index (κ1) is 22.7. The summed E-state index contributed by atoms with van der Waals surface area (Å²) in [6.45, 7) is 5.87. The minimum Gasteiger partial charge on any atom is -0.358 e. The van der Waals surface area contributed by atoms with Crippen molar-refractivity contribution in [2.24, 2.45) is 0 Å². The highest BCUT2D eigenvalue weighted by molar-refractivity contribution is 5.83. The number of nitrogens with one attached hydrogen (secondary N) is 2. The zero-order chi connectivity index (χ0) is 22.4. The minimum atomic E-state index is -0.501. The van der Waals surface area contributed by atoms with E-state index in [4.69, 9.17) is 0 Å². The number of likely N-dealkylation sites (N-methyl/N-ethyl adjacent to an activating group) is 1. The van der Waals surface area contributed by atoms with Crippen LogP contribution >= 0.6 is 0 Å². The van der Waals surface area contributed by atoms with Gasteiger partial charge in [0.15, 0.2) is 0 Å². The molecular formula is C27H31FN2O. The number of carbonyl (C=O) groups is 1. The molecule has 0 saturated heterocycles. The van der Waals surface area contributed by atoms with Gasteiger partial charge in [-0.2, -0.15) is 0 Å². The highest BCUT2D eigenvalue weighted by Crippen LogP contribution is 2.26.